The molecule has 0 aromatic carbocycles. The summed E-state index contributed by atoms with van der Waals surface area (Å²) in [5.41, 5.74) is 4.06. The molecule has 0 saturated heterocycles. The number of phosphoric acid groups is 1. The molecule has 0 amide bonds. The Bertz CT molecular complexity index is 1000. The molecular formula is C43H82NO10P. The number of nitrogens with two attached hydrogens (primary N) is 1. The van der Waals surface area contributed by atoms with Crippen molar-refractivity contribution in [2.45, 2.75) is 205 Å². The van der Waals surface area contributed by atoms with Crippen molar-refractivity contribution >= 4 is 19.8 Å². The number of esters is 2. The summed E-state index contributed by atoms with van der Waals surface area (Å²) >= 11 is 0. The highest BCUT2D eigenvalue weighted by molar-refractivity contribution is 7.47. The highest BCUT2D eigenvalue weighted by atomic mass is 31.2. The maximum atomic E-state index is 12.7. The summed E-state index contributed by atoms with van der Waals surface area (Å²) in [5.74, 6) is -0.965. The third-order valence-electron chi connectivity index (χ3n) is 9.58. The first-order valence-corrected chi connectivity index (χ1v) is 23.4. The van der Waals surface area contributed by atoms with Crippen LogP contribution in [0.15, 0.2) is 24.3 Å². The summed E-state index contributed by atoms with van der Waals surface area (Å²) < 4.78 is 33.2. The van der Waals surface area contributed by atoms with Crippen LogP contribution >= 0.6 is 7.82 Å². The molecule has 0 aromatic rings. The first-order chi connectivity index (χ1) is 26.6. The van der Waals surface area contributed by atoms with Gasteiger partial charge in [0, 0.05) is 12.8 Å². The maximum Gasteiger partial charge on any atom is 0.472 e. The first kappa shape index (κ1) is 53.4. The Morgan fingerprint density at radius 1 is 0.582 bits per heavy atom. The van der Waals surface area contributed by atoms with E-state index in [1.165, 1.54) is 77.0 Å². The third kappa shape index (κ3) is 36.5. The van der Waals surface area contributed by atoms with Gasteiger partial charge in [0.05, 0.1) is 32.0 Å². The van der Waals surface area contributed by atoms with Crippen LogP contribution in [0.5, 0.6) is 0 Å². The average molecular weight is 804 g/mol. The molecule has 55 heavy (non-hydrogen) atoms. The van der Waals surface area contributed by atoms with Crippen LogP contribution in [0.2, 0.25) is 0 Å². The van der Waals surface area contributed by atoms with E-state index in [2.05, 4.69) is 38.2 Å². The zero-order chi connectivity index (χ0) is 40.7. The van der Waals surface area contributed by atoms with Gasteiger partial charge in [0.2, 0.25) is 0 Å². The Kier molecular flexibility index (Phi) is 36.9. The molecule has 0 aliphatic rings. The van der Waals surface area contributed by atoms with E-state index >= 15 is 0 Å². The van der Waals surface area contributed by atoms with Gasteiger partial charge in [-0.1, -0.05) is 141 Å². The van der Waals surface area contributed by atoms with Gasteiger partial charge in [-0.2, -0.15) is 0 Å². The molecule has 0 aromatic heterocycles. The number of ether oxygens (including phenoxy) is 2. The molecule has 0 radical (unpaired) electrons. The zero-order valence-electron chi connectivity index (χ0n) is 34.9. The minimum absolute atomic E-state index is 0.160. The summed E-state index contributed by atoms with van der Waals surface area (Å²) in [4.78, 5) is 35.2. The zero-order valence-corrected chi connectivity index (χ0v) is 35.8. The number of aliphatic hydroxyl groups excluding tert-OH is 2. The van der Waals surface area contributed by atoms with E-state index in [0.717, 1.165) is 77.0 Å². The van der Waals surface area contributed by atoms with Gasteiger partial charge < -0.3 is 30.3 Å². The lowest BCUT2D eigenvalue weighted by Gasteiger charge is -2.25. The van der Waals surface area contributed by atoms with Crippen molar-refractivity contribution < 1.29 is 47.8 Å². The number of carbonyl (C=O) groups excluding carboxylic acids is 2. The van der Waals surface area contributed by atoms with Crippen LogP contribution in [-0.4, -0.2) is 71.7 Å². The van der Waals surface area contributed by atoms with Gasteiger partial charge >= 0.3 is 19.8 Å². The van der Waals surface area contributed by atoms with Gasteiger partial charge in [0.1, 0.15) is 6.61 Å². The van der Waals surface area contributed by atoms with Crippen LogP contribution in [0.3, 0.4) is 0 Å². The lowest BCUT2D eigenvalue weighted by Crippen LogP contribution is -2.51. The second kappa shape index (κ2) is 38.0. The molecule has 12 heteroatoms. The molecule has 0 fully saturated rings. The van der Waals surface area contributed by atoms with Crippen molar-refractivity contribution in [3.8, 4) is 0 Å². The Morgan fingerprint density at radius 3 is 1.38 bits per heavy atom. The van der Waals surface area contributed by atoms with Gasteiger partial charge in [-0.05, 0) is 64.2 Å². The van der Waals surface area contributed by atoms with Crippen LogP contribution in [0.4, 0.5) is 0 Å². The Morgan fingerprint density at radius 2 is 0.964 bits per heavy atom. The summed E-state index contributed by atoms with van der Waals surface area (Å²) in [6.07, 6.45) is 38.2. The molecule has 324 valence electrons. The monoisotopic (exact) mass is 804 g/mol. The van der Waals surface area contributed by atoms with Crippen molar-refractivity contribution in [2.24, 2.45) is 5.73 Å². The molecule has 0 spiro atoms. The first-order valence-electron chi connectivity index (χ1n) is 21.9. The number of hydrogen-bond donors (Lipinski definition) is 4. The molecule has 1 unspecified atom stereocenters. The fourth-order valence-corrected chi connectivity index (χ4v) is 6.71. The molecule has 0 aliphatic heterocycles. The molecule has 0 rings (SSSR count). The van der Waals surface area contributed by atoms with Crippen molar-refractivity contribution in [1.82, 2.24) is 0 Å². The van der Waals surface area contributed by atoms with Gasteiger partial charge in [-0.25, -0.2) is 4.57 Å². The van der Waals surface area contributed by atoms with E-state index in [1.807, 2.05) is 0 Å². The molecular weight excluding hydrogens is 721 g/mol. The lowest BCUT2D eigenvalue weighted by molar-refractivity contribution is -0.161. The molecule has 11 nitrogen and oxygen atoms in total. The molecule has 5 N–H and O–H groups in total. The van der Waals surface area contributed by atoms with E-state index in [1.54, 1.807) is 0 Å². The lowest BCUT2D eigenvalue weighted by atomic mass is 10.1. The van der Waals surface area contributed by atoms with Crippen LogP contribution in [-0.2, 0) is 32.7 Å². The third-order valence-corrected chi connectivity index (χ3v) is 10.5. The normalized spacial score (nSPS) is 13.8. The second-order valence-corrected chi connectivity index (χ2v) is 16.6. The summed E-state index contributed by atoms with van der Waals surface area (Å²) in [6, 6.07) is 0. The van der Waals surface area contributed by atoms with Crippen LogP contribution < -0.4 is 5.73 Å². The van der Waals surface area contributed by atoms with Gasteiger partial charge in [-0.3, -0.25) is 18.6 Å². The highest BCUT2D eigenvalue weighted by Crippen LogP contribution is 2.44. The molecule has 0 saturated carbocycles. The van der Waals surface area contributed by atoms with Gasteiger partial charge in [0.25, 0.3) is 0 Å². The summed E-state index contributed by atoms with van der Waals surface area (Å²) in [6.45, 7) is 1.54. The minimum Gasteiger partial charge on any atom is -0.462 e. The fraction of sp³-hybridized carbons (Fsp3) is 0.860. The predicted molar refractivity (Wildman–Crippen MR) is 223 cm³/mol. The molecule has 0 bridgehead atoms. The minimum atomic E-state index is -4.70. The number of allylic oxidation sites excluding steroid dienone is 4. The summed E-state index contributed by atoms with van der Waals surface area (Å²) in [7, 11) is -4.70. The van der Waals surface area contributed by atoms with Crippen molar-refractivity contribution in [2.75, 3.05) is 33.0 Å². The Balaban J connectivity index is 4.47. The number of phosphoric ester groups is 1. The van der Waals surface area contributed by atoms with Crippen LogP contribution in [0.25, 0.3) is 0 Å². The Labute approximate surface area is 335 Å². The van der Waals surface area contributed by atoms with Crippen molar-refractivity contribution in [3.63, 3.8) is 0 Å². The van der Waals surface area contributed by atoms with Crippen molar-refractivity contribution in [3.05, 3.63) is 24.3 Å². The summed E-state index contributed by atoms with van der Waals surface area (Å²) in [5, 5.41) is 18.6. The average Bonchev–Trinajstić information content (AvgIpc) is 3.18. The number of unbranched alkanes of at least 4 members (excludes halogenated alkanes) is 22. The number of carbonyl (C=O) groups is 2. The number of rotatable bonds is 41. The predicted octanol–water partition coefficient (Wildman–Crippen LogP) is 10.3. The fourth-order valence-electron chi connectivity index (χ4n) is 5.87. The molecule has 0 aliphatic carbocycles. The maximum absolute atomic E-state index is 12.7. The standard InChI is InChI=1S/C43H82NO10P/c1-3-5-7-9-11-13-15-17-19-21-23-25-27-29-31-33-41(47)51-35-40(36-52-55(49,50)53-39-43(44,37-45)38-46)54-42(48)34-32-30-28-26-24-22-20-18-16-14-12-10-8-6-4-2/h17-20,40,45-46H,3-16,21-39,44H2,1-2H3,(H,49,50)/b19-17+,20-18-/t40-/m1/s1. The SMILES string of the molecule is CCCCCCCC/C=C\CCCCCCCC(=O)O[C@H](COC(=O)CCCCCCC/C=C/CCCCCCCC)COP(=O)(O)OCC(N)(CO)CO. The largest absolute Gasteiger partial charge is 0.472 e. The van der Waals surface area contributed by atoms with Gasteiger partial charge in [0.15, 0.2) is 6.10 Å². The van der Waals surface area contributed by atoms with E-state index in [4.69, 9.17) is 24.3 Å². The van der Waals surface area contributed by atoms with E-state index in [0.29, 0.717) is 12.8 Å². The van der Waals surface area contributed by atoms with E-state index < -0.39 is 57.8 Å². The van der Waals surface area contributed by atoms with E-state index in [9.17, 15) is 29.3 Å². The number of aliphatic hydroxyl groups is 2. The van der Waals surface area contributed by atoms with Crippen LogP contribution in [0, 0.1) is 0 Å². The Hall–Kier alpha value is -1.59. The molecule has 0 heterocycles. The topological polar surface area (TPSA) is 175 Å². The number of hydrogen-bond acceptors (Lipinski definition) is 10. The van der Waals surface area contributed by atoms with Crippen molar-refractivity contribution in [1.29, 1.82) is 0 Å². The highest BCUT2D eigenvalue weighted by Gasteiger charge is 2.31. The smallest absolute Gasteiger partial charge is 0.462 e. The van der Waals surface area contributed by atoms with E-state index in [-0.39, 0.29) is 19.4 Å². The van der Waals surface area contributed by atoms with Crippen LogP contribution in [0.1, 0.15) is 194 Å². The van der Waals surface area contributed by atoms with Gasteiger partial charge in [-0.15, -0.1) is 0 Å². The second-order valence-electron chi connectivity index (χ2n) is 15.2. The molecule has 2 atom stereocenters. The quantitative estimate of drug-likeness (QED) is 0.0200.